The fourth-order valence-electron chi connectivity index (χ4n) is 2.43. The minimum atomic E-state index is -0.448. The number of nitrogens with two attached hydrogens (primary N) is 1. The number of hydrogen-bond acceptors (Lipinski definition) is 5. The van der Waals surface area contributed by atoms with E-state index < -0.39 is 4.92 Å². The highest BCUT2D eigenvalue weighted by Gasteiger charge is 2.19. The summed E-state index contributed by atoms with van der Waals surface area (Å²) in [7, 11) is 0. The van der Waals surface area contributed by atoms with Crippen molar-refractivity contribution in [3.63, 3.8) is 0 Å². The molecule has 1 fully saturated rings. The van der Waals surface area contributed by atoms with Gasteiger partial charge in [0.1, 0.15) is 5.69 Å². The van der Waals surface area contributed by atoms with E-state index in [9.17, 15) is 10.1 Å². The van der Waals surface area contributed by atoms with Crippen molar-refractivity contribution in [1.29, 1.82) is 0 Å². The van der Waals surface area contributed by atoms with Crippen LogP contribution in [0.25, 0.3) is 0 Å². The van der Waals surface area contributed by atoms with Crippen LogP contribution >= 0.6 is 0 Å². The highest BCUT2D eigenvalue weighted by molar-refractivity contribution is 5.59. The van der Waals surface area contributed by atoms with Crippen LogP contribution in [0.5, 0.6) is 0 Å². The molecule has 0 bridgehead atoms. The minimum absolute atomic E-state index is 0.0252. The van der Waals surface area contributed by atoms with E-state index in [0.29, 0.717) is 12.5 Å². The fourth-order valence-corrected chi connectivity index (χ4v) is 2.43. The number of aliphatic hydroxyl groups excluding tert-OH is 1. The summed E-state index contributed by atoms with van der Waals surface area (Å²) in [5.41, 5.74) is 6.66. The largest absolute Gasteiger partial charge is 0.396 e. The van der Waals surface area contributed by atoms with E-state index in [0.717, 1.165) is 31.5 Å². The lowest BCUT2D eigenvalue weighted by atomic mass is 9.97. The van der Waals surface area contributed by atoms with Gasteiger partial charge in [0.25, 0.3) is 5.69 Å². The average Bonchev–Trinajstić information content (AvgIpc) is 2.41. The second-order valence-electron chi connectivity index (χ2n) is 5.05. The molecule has 6 heteroatoms. The molecule has 1 heterocycles. The number of anilines is 1. The van der Waals surface area contributed by atoms with Gasteiger partial charge >= 0.3 is 0 Å². The van der Waals surface area contributed by atoms with Crippen LogP contribution in [-0.2, 0) is 6.54 Å². The zero-order valence-corrected chi connectivity index (χ0v) is 10.8. The normalized spacial score (nSPS) is 17.5. The molecule has 2 rings (SSSR count). The Morgan fingerprint density at radius 1 is 1.42 bits per heavy atom. The Hall–Kier alpha value is -1.66. The molecule has 1 aromatic rings. The Labute approximate surface area is 112 Å². The lowest BCUT2D eigenvalue weighted by Crippen LogP contribution is -2.34. The Morgan fingerprint density at radius 2 is 2.11 bits per heavy atom. The Morgan fingerprint density at radius 3 is 2.68 bits per heavy atom. The molecule has 1 aromatic carbocycles. The maximum absolute atomic E-state index is 10.8. The summed E-state index contributed by atoms with van der Waals surface area (Å²) < 4.78 is 0. The predicted octanol–water partition coefficient (Wildman–Crippen LogP) is 1.38. The van der Waals surface area contributed by atoms with Crippen molar-refractivity contribution in [2.24, 2.45) is 5.92 Å². The molecule has 6 nitrogen and oxygen atoms in total. The van der Waals surface area contributed by atoms with E-state index in [2.05, 4.69) is 4.90 Å². The van der Waals surface area contributed by atoms with E-state index in [-0.39, 0.29) is 18.0 Å². The SMILES string of the molecule is Nc1ccc(CN2CCC(CO)CC2)cc1[N+](=O)[O-]. The summed E-state index contributed by atoms with van der Waals surface area (Å²) in [5.74, 6) is 0.400. The van der Waals surface area contributed by atoms with Crippen LogP contribution in [0.15, 0.2) is 18.2 Å². The standard InChI is InChI=1S/C13H19N3O3/c14-12-2-1-11(7-13(12)16(18)19)8-15-5-3-10(9-17)4-6-15/h1-2,7,10,17H,3-6,8-9,14H2. The maximum Gasteiger partial charge on any atom is 0.292 e. The summed E-state index contributed by atoms with van der Waals surface area (Å²) in [5, 5.41) is 19.9. The molecule has 19 heavy (non-hydrogen) atoms. The molecular formula is C13H19N3O3. The predicted molar refractivity (Wildman–Crippen MR) is 72.6 cm³/mol. The van der Waals surface area contributed by atoms with Gasteiger partial charge in [0.05, 0.1) is 4.92 Å². The van der Waals surface area contributed by atoms with E-state index in [1.54, 1.807) is 12.1 Å². The van der Waals surface area contributed by atoms with Gasteiger partial charge in [-0.2, -0.15) is 0 Å². The van der Waals surface area contributed by atoms with Gasteiger partial charge in [0, 0.05) is 19.2 Å². The highest BCUT2D eigenvalue weighted by atomic mass is 16.6. The van der Waals surface area contributed by atoms with E-state index >= 15 is 0 Å². The topological polar surface area (TPSA) is 92.6 Å². The molecule has 0 saturated carbocycles. The second-order valence-corrected chi connectivity index (χ2v) is 5.05. The fraction of sp³-hybridized carbons (Fsp3) is 0.538. The van der Waals surface area contributed by atoms with Gasteiger partial charge in [-0.15, -0.1) is 0 Å². The third-order valence-electron chi connectivity index (χ3n) is 3.66. The van der Waals surface area contributed by atoms with E-state index in [1.807, 2.05) is 6.07 Å². The first-order chi connectivity index (χ1) is 9.10. The third kappa shape index (κ3) is 3.42. The number of nitrogens with zero attached hydrogens (tertiary/aromatic N) is 2. The lowest BCUT2D eigenvalue weighted by molar-refractivity contribution is -0.384. The van der Waals surface area contributed by atoms with Crippen LogP contribution in [0.4, 0.5) is 11.4 Å². The highest BCUT2D eigenvalue weighted by Crippen LogP contribution is 2.24. The monoisotopic (exact) mass is 265 g/mol. The van der Waals surface area contributed by atoms with Crippen LogP contribution in [0.2, 0.25) is 0 Å². The molecule has 1 aliphatic heterocycles. The first kappa shape index (κ1) is 13.8. The maximum atomic E-state index is 10.8. The van der Waals surface area contributed by atoms with Crippen LogP contribution in [0, 0.1) is 16.0 Å². The van der Waals surface area contributed by atoms with Crippen LogP contribution in [0.3, 0.4) is 0 Å². The zero-order chi connectivity index (χ0) is 13.8. The zero-order valence-electron chi connectivity index (χ0n) is 10.8. The first-order valence-corrected chi connectivity index (χ1v) is 6.46. The molecule has 0 atom stereocenters. The van der Waals surface area contributed by atoms with Gasteiger partial charge in [-0.05, 0) is 43.5 Å². The number of nitrogen functional groups attached to an aromatic ring is 1. The van der Waals surface area contributed by atoms with Gasteiger partial charge in [0.2, 0.25) is 0 Å². The molecular weight excluding hydrogens is 246 g/mol. The summed E-state index contributed by atoms with van der Waals surface area (Å²) in [6.45, 7) is 2.78. The number of nitro benzene ring substituents is 1. The molecule has 3 N–H and O–H groups in total. The van der Waals surface area contributed by atoms with Crippen molar-refractivity contribution in [3.8, 4) is 0 Å². The summed E-state index contributed by atoms with van der Waals surface area (Å²) in [6, 6.07) is 4.97. The summed E-state index contributed by atoms with van der Waals surface area (Å²) in [4.78, 5) is 12.6. The van der Waals surface area contributed by atoms with Gasteiger partial charge < -0.3 is 10.8 Å². The number of piperidine rings is 1. The Kier molecular flexibility index (Phi) is 4.34. The average molecular weight is 265 g/mol. The van der Waals surface area contributed by atoms with Crippen molar-refractivity contribution < 1.29 is 10.0 Å². The van der Waals surface area contributed by atoms with Crippen LogP contribution < -0.4 is 5.73 Å². The van der Waals surface area contributed by atoms with Gasteiger partial charge in [-0.1, -0.05) is 6.07 Å². The van der Waals surface area contributed by atoms with Gasteiger partial charge in [-0.3, -0.25) is 15.0 Å². The molecule has 0 aliphatic carbocycles. The van der Waals surface area contributed by atoms with Crippen molar-refractivity contribution in [3.05, 3.63) is 33.9 Å². The first-order valence-electron chi connectivity index (χ1n) is 6.46. The van der Waals surface area contributed by atoms with Crippen molar-refractivity contribution in [2.45, 2.75) is 19.4 Å². The number of rotatable bonds is 4. The van der Waals surface area contributed by atoms with E-state index in [4.69, 9.17) is 10.8 Å². The van der Waals surface area contributed by atoms with E-state index in [1.165, 1.54) is 0 Å². The van der Waals surface area contributed by atoms with Crippen molar-refractivity contribution >= 4 is 11.4 Å². The van der Waals surface area contributed by atoms with Gasteiger partial charge in [0.15, 0.2) is 0 Å². The Bertz CT molecular complexity index is 456. The number of aliphatic hydroxyl groups is 1. The smallest absolute Gasteiger partial charge is 0.292 e. The molecule has 0 spiro atoms. The van der Waals surface area contributed by atoms with Gasteiger partial charge in [-0.25, -0.2) is 0 Å². The third-order valence-corrected chi connectivity index (χ3v) is 3.66. The summed E-state index contributed by atoms with van der Waals surface area (Å²) in [6.07, 6.45) is 1.96. The van der Waals surface area contributed by atoms with Crippen LogP contribution in [0.1, 0.15) is 18.4 Å². The molecule has 0 unspecified atom stereocenters. The van der Waals surface area contributed by atoms with Crippen molar-refractivity contribution in [2.75, 3.05) is 25.4 Å². The second kappa shape index (κ2) is 5.99. The Balaban J connectivity index is 2.00. The number of hydrogen-bond donors (Lipinski definition) is 2. The number of benzene rings is 1. The quantitative estimate of drug-likeness (QED) is 0.487. The summed E-state index contributed by atoms with van der Waals surface area (Å²) >= 11 is 0. The number of nitro groups is 1. The molecule has 0 aromatic heterocycles. The molecule has 0 radical (unpaired) electrons. The molecule has 1 saturated heterocycles. The molecule has 0 amide bonds. The number of likely N-dealkylation sites (tertiary alicyclic amines) is 1. The molecule has 1 aliphatic rings. The minimum Gasteiger partial charge on any atom is -0.396 e. The lowest BCUT2D eigenvalue weighted by Gasteiger charge is -2.30. The molecule has 104 valence electrons. The van der Waals surface area contributed by atoms with Crippen LogP contribution in [-0.4, -0.2) is 34.6 Å². The van der Waals surface area contributed by atoms with Crippen molar-refractivity contribution in [1.82, 2.24) is 4.90 Å².